The largest absolute Gasteiger partial charge is 0.389 e. The number of hydrogen-bond donors (Lipinski definition) is 1. The van der Waals surface area contributed by atoms with Gasteiger partial charge in [0.05, 0.1) is 18.2 Å². The van der Waals surface area contributed by atoms with Gasteiger partial charge in [0.2, 0.25) is 0 Å². The van der Waals surface area contributed by atoms with Crippen LogP contribution in [-0.4, -0.2) is 45.5 Å². The zero-order valence-corrected chi connectivity index (χ0v) is 12.8. The Bertz CT molecular complexity index is 421. The van der Waals surface area contributed by atoms with Crippen molar-refractivity contribution in [3.8, 4) is 0 Å². The van der Waals surface area contributed by atoms with Gasteiger partial charge in [0, 0.05) is 38.6 Å². The van der Waals surface area contributed by atoms with Gasteiger partial charge in [0.25, 0.3) is 0 Å². The molecule has 0 spiro atoms. The number of thiocarbonyl (C=S) groups is 1. The van der Waals surface area contributed by atoms with Crippen LogP contribution in [0.5, 0.6) is 0 Å². The number of ether oxygens (including phenoxy) is 2. The molecule has 0 aliphatic heterocycles. The average Bonchev–Trinajstić information content (AvgIpc) is 2.38. The number of benzene rings is 1. The van der Waals surface area contributed by atoms with Gasteiger partial charge in [-0.25, -0.2) is 0 Å². The van der Waals surface area contributed by atoms with Crippen LogP contribution in [0.3, 0.4) is 0 Å². The molecule has 1 aromatic rings. The fraction of sp³-hybridized carbons (Fsp3) is 0.462. The van der Waals surface area contributed by atoms with Crippen molar-refractivity contribution < 1.29 is 9.47 Å². The molecule has 1 rings (SSSR count). The molecular formula is C13H19ClN2O2S. The summed E-state index contributed by atoms with van der Waals surface area (Å²) in [5.41, 5.74) is 7.29. The van der Waals surface area contributed by atoms with Crippen LogP contribution in [0, 0.1) is 0 Å². The maximum absolute atomic E-state index is 6.18. The number of anilines is 1. The van der Waals surface area contributed by atoms with Gasteiger partial charge in [-0.2, -0.15) is 0 Å². The number of nitrogens with zero attached hydrogens (tertiary/aromatic N) is 1. The number of halogens is 1. The van der Waals surface area contributed by atoms with E-state index in [9.17, 15) is 0 Å². The summed E-state index contributed by atoms with van der Waals surface area (Å²) in [4.78, 5) is 2.44. The quantitative estimate of drug-likeness (QED) is 0.745. The minimum atomic E-state index is 0.303. The molecule has 19 heavy (non-hydrogen) atoms. The fourth-order valence-electron chi connectivity index (χ4n) is 1.67. The van der Waals surface area contributed by atoms with Crippen LogP contribution in [-0.2, 0) is 9.47 Å². The van der Waals surface area contributed by atoms with E-state index in [0.717, 1.165) is 18.8 Å². The van der Waals surface area contributed by atoms with Crippen LogP contribution < -0.4 is 10.6 Å². The molecule has 0 aromatic heterocycles. The second-order valence-corrected chi connectivity index (χ2v) is 4.85. The van der Waals surface area contributed by atoms with E-state index in [1.54, 1.807) is 14.2 Å². The molecule has 0 saturated carbocycles. The Hall–Kier alpha value is -0.880. The SMILES string of the molecule is COCCN(CCOC)c1ccc(C(N)=S)c(Cl)c1. The predicted octanol–water partition coefficient (Wildman–Crippen LogP) is 2.07. The van der Waals surface area contributed by atoms with Crippen LogP contribution in [0.1, 0.15) is 5.56 Å². The van der Waals surface area contributed by atoms with Gasteiger partial charge in [-0.15, -0.1) is 0 Å². The second kappa shape index (κ2) is 8.32. The lowest BCUT2D eigenvalue weighted by atomic mass is 10.2. The van der Waals surface area contributed by atoms with E-state index in [0.29, 0.717) is 28.8 Å². The van der Waals surface area contributed by atoms with E-state index in [1.807, 2.05) is 18.2 Å². The molecule has 2 N–H and O–H groups in total. The van der Waals surface area contributed by atoms with Crippen molar-refractivity contribution in [2.24, 2.45) is 5.73 Å². The Labute approximate surface area is 124 Å². The molecular weight excluding hydrogens is 284 g/mol. The van der Waals surface area contributed by atoms with Crippen molar-refractivity contribution in [3.05, 3.63) is 28.8 Å². The molecule has 1 aromatic carbocycles. The first-order valence-electron chi connectivity index (χ1n) is 5.92. The van der Waals surface area contributed by atoms with Gasteiger partial charge in [0.15, 0.2) is 0 Å². The molecule has 0 amide bonds. The van der Waals surface area contributed by atoms with Crippen molar-refractivity contribution >= 4 is 34.5 Å². The Morgan fingerprint density at radius 2 is 1.84 bits per heavy atom. The molecule has 0 heterocycles. The molecule has 0 saturated heterocycles. The van der Waals surface area contributed by atoms with E-state index in [4.69, 9.17) is 39.0 Å². The van der Waals surface area contributed by atoms with Crippen molar-refractivity contribution in [1.29, 1.82) is 0 Å². The molecule has 0 atom stereocenters. The third-order valence-electron chi connectivity index (χ3n) is 2.71. The maximum atomic E-state index is 6.18. The number of methoxy groups -OCH3 is 2. The lowest BCUT2D eigenvalue weighted by molar-refractivity contribution is 0.190. The molecule has 0 aliphatic rings. The van der Waals surface area contributed by atoms with Crippen LogP contribution >= 0.6 is 23.8 Å². The number of nitrogens with two attached hydrogens (primary N) is 1. The Kier molecular flexibility index (Phi) is 7.09. The van der Waals surface area contributed by atoms with Crippen molar-refractivity contribution in [3.63, 3.8) is 0 Å². The minimum Gasteiger partial charge on any atom is -0.389 e. The third-order valence-corrected chi connectivity index (χ3v) is 3.25. The van der Waals surface area contributed by atoms with Crippen LogP contribution in [0.25, 0.3) is 0 Å². The summed E-state index contributed by atoms with van der Waals surface area (Å²) >= 11 is 11.1. The molecule has 4 nitrogen and oxygen atoms in total. The summed E-state index contributed by atoms with van der Waals surface area (Å²) in [6.45, 7) is 2.81. The maximum Gasteiger partial charge on any atom is 0.105 e. The van der Waals surface area contributed by atoms with Gasteiger partial charge in [-0.1, -0.05) is 23.8 Å². The first-order valence-corrected chi connectivity index (χ1v) is 6.71. The van der Waals surface area contributed by atoms with E-state index >= 15 is 0 Å². The Morgan fingerprint density at radius 3 is 2.26 bits per heavy atom. The molecule has 6 heteroatoms. The summed E-state index contributed by atoms with van der Waals surface area (Å²) < 4.78 is 10.2. The summed E-state index contributed by atoms with van der Waals surface area (Å²) in [6.07, 6.45) is 0. The van der Waals surface area contributed by atoms with Gasteiger partial charge in [0.1, 0.15) is 4.99 Å². The van der Waals surface area contributed by atoms with E-state index in [-0.39, 0.29) is 0 Å². The zero-order chi connectivity index (χ0) is 14.3. The highest BCUT2D eigenvalue weighted by atomic mass is 35.5. The summed E-state index contributed by atoms with van der Waals surface area (Å²) in [6, 6.07) is 5.65. The Morgan fingerprint density at radius 1 is 1.26 bits per heavy atom. The molecule has 0 aliphatic carbocycles. The summed E-state index contributed by atoms with van der Waals surface area (Å²) in [5, 5.41) is 0.560. The highest BCUT2D eigenvalue weighted by molar-refractivity contribution is 7.80. The normalized spacial score (nSPS) is 10.5. The third kappa shape index (κ3) is 4.95. The summed E-state index contributed by atoms with van der Waals surface area (Å²) in [7, 11) is 3.36. The predicted molar refractivity (Wildman–Crippen MR) is 83.3 cm³/mol. The first kappa shape index (κ1) is 16.2. The van der Waals surface area contributed by atoms with Crippen molar-refractivity contribution in [2.75, 3.05) is 45.4 Å². The topological polar surface area (TPSA) is 47.7 Å². The van der Waals surface area contributed by atoms with E-state index < -0.39 is 0 Å². The monoisotopic (exact) mass is 302 g/mol. The molecule has 0 unspecified atom stereocenters. The Balaban J connectivity index is 2.88. The van der Waals surface area contributed by atoms with Gasteiger partial charge in [-0.3, -0.25) is 0 Å². The van der Waals surface area contributed by atoms with Crippen LogP contribution in [0.15, 0.2) is 18.2 Å². The van der Waals surface area contributed by atoms with Gasteiger partial charge in [-0.05, 0) is 18.2 Å². The summed E-state index contributed by atoms with van der Waals surface area (Å²) in [5.74, 6) is 0. The van der Waals surface area contributed by atoms with E-state index in [2.05, 4.69) is 4.90 Å². The highest BCUT2D eigenvalue weighted by Gasteiger charge is 2.10. The minimum absolute atomic E-state index is 0.303. The molecule has 0 radical (unpaired) electrons. The lowest BCUT2D eigenvalue weighted by Crippen LogP contribution is -2.30. The standard InChI is InChI=1S/C13H19ClN2O2S/c1-17-7-5-16(6-8-18-2)10-3-4-11(13(15)19)12(14)9-10/h3-4,9H,5-8H2,1-2H3,(H2,15,19). The van der Waals surface area contributed by atoms with Crippen molar-refractivity contribution in [1.82, 2.24) is 0 Å². The van der Waals surface area contributed by atoms with Crippen LogP contribution in [0.2, 0.25) is 5.02 Å². The van der Waals surface area contributed by atoms with Gasteiger partial charge >= 0.3 is 0 Å². The van der Waals surface area contributed by atoms with Crippen LogP contribution in [0.4, 0.5) is 5.69 Å². The van der Waals surface area contributed by atoms with Crippen molar-refractivity contribution in [2.45, 2.75) is 0 Å². The second-order valence-electron chi connectivity index (χ2n) is 4.00. The average molecular weight is 303 g/mol. The highest BCUT2D eigenvalue weighted by Crippen LogP contribution is 2.23. The number of hydrogen-bond acceptors (Lipinski definition) is 4. The lowest BCUT2D eigenvalue weighted by Gasteiger charge is -2.24. The molecule has 0 fully saturated rings. The van der Waals surface area contributed by atoms with Gasteiger partial charge < -0.3 is 20.1 Å². The molecule has 0 bridgehead atoms. The zero-order valence-electron chi connectivity index (χ0n) is 11.2. The fourth-order valence-corrected chi connectivity index (χ4v) is 2.18. The number of rotatable bonds is 8. The first-order chi connectivity index (χ1) is 9.10. The molecule has 106 valence electrons. The van der Waals surface area contributed by atoms with E-state index in [1.165, 1.54) is 0 Å². The smallest absolute Gasteiger partial charge is 0.105 e.